The van der Waals surface area contributed by atoms with Crippen LogP contribution in [-0.4, -0.2) is 99.8 Å². The zero-order chi connectivity index (χ0) is 38.9. The molecular weight excluding hydrogens is 701 g/mol. The van der Waals surface area contributed by atoms with E-state index in [4.69, 9.17) is 9.84 Å². The van der Waals surface area contributed by atoms with E-state index in [2.05, 4.69) is 20.5 Å². The number of fused-ring (bicyclic) bond motifs is 1. The Balaban J connectivity index is 0.908. The monoisotopic (exact) mass is 750 g/mol. The Morgan fingerprint density at radius 3 is 2.45 bits per heavy atom. The van der Waals surface area contributed by atoms with Crippen molar-refractivity contribution < 1.29 is 29.0 Å². The lowest BCUT2D eigenvalue weighted by Crippen LogP contribution is -2.49. The summed E-state index contributed by atoms with van der Waals surface area (Å²) < 4.78 is 7.51. The number of aromatic nitrogens is 3. The quantitative estimate of drug-likeness (QED) is 0.197. The number of aliphatic hydroxyl groups is 1. The van der Waals surface area contributed by atoms with Gasteiger partial charge in [0.2, 0.25) is 5.91 Å². The van der Waals surface area contributed by atoms with Crippen molar-refractivity contribution in [3.8, 4) is 5.75 Å². The van der Waals surface area contributed by atoms with Gasteiger partial charge in [-0.2, -0.15) is 5.10 Å². The third kappa shape index (κ3) is 8.50. The van der Waals surface area contributed by atoms with Crippen LogP contribution >= 0.6 is 0 Å². The van der Waals surface area contributed by atoms with Crippen molar-refractivity contribution in [3.05, 3.63) is 77.2 Å². The number of nitrogens with one attached hydrogen (secondary N) is 2. The maximum absolute atomic E-state index is 13.5. The van der Waals surface area contributed by atoms with Crippen molar-refractivity contribution in [1.29, 1.82) is 0 Å². The van der Waals surface area contributed by atoms with Crippen molar-refractivity contribution in [3.63, 3.8) is 0 Å². The third-order valence-corrected chi connectivity index (χ3v) is 11.1. The summed E-state index contributed by atoms with van der Waals surface area (Å²) in [4.78, 5) is 61.0. The Bertz CT molecular complexity index is 2090. The molecule has 0 atom stereocenters. The van der Waals surface area contributed by atoms with Gasteiger partial charge in [0.15, 0.2) is 0 Å². The summed E-state index contributed by atoms with van der Waals surface area (Å²) >= 11 is 0. The number of piperidine rings is 2. The van der Waals surface area contributed by atoms with Crippen molar-refractivity contribution in [1.82, 2.24) is 29.9 Å². The molecular formula is C41H50N8O6. The Kier molecular flexibility index (Phi) is 10.9. The SMILES string of the molecule is COc1ccc(C(=O)N2CCC(CCN3CCC(n4cc5cc(NC(=O)c6cccc(C)n6)c(C(C)(C)O)cc5n4)CC3)CC2)cc1N1CCC(=O)NC1=O. The number of carbonyl (C=O) groups excluding carboxylic acids is 4. The summed E-state index contributed by atoms with van der Waals surface area (Å²) in [7, 11) is 1.52. The Hall–Kier alpha value is -5.34. The summed E-state index contributed by atoms with van der Waals surface area (Å²) in [6.45, 7) is 9.80. The summed E-state index contributed by atoms with van der Waals surface area (Å²) in [5.74, 6) is 0.293. The molecule has 0 unspecified atom stereocenters. The van der Waals surface area contributed by atoms with E-state index >= 15 is 0 Å². The molecule has 2 aromatic heterocycles. The number of hydrogen-bond donors (Lipinski definition) is 3. The van der Waals surface area contributed by atoms with Crippen LogP contribution in [0.15, 0.2) is 54.7 Å². The van der Waals surface area contributed by atoms with Gasteiger partial charge in [0.1, 0.15) is 11.4 Å². The number of methoxy groups -OCH3 is 1. The van der Waals surface area contributed by atoms with Gasteiger partial charge in [0.05, 0.1) is 30.0 Å². The number of ether oxygens (including phenoxy) is 1. The fourth-order valence-corrected chi connectivity index (χ4v) is 7.95. The van der Waals surface area contributed by atoms with Crippen LogP contribution in [0.4, 0.5) is 16.2 Å². The van der Waals surface area contributed by atoms with Crippen molar-refractivity contribution in [2.45, 2.75) is 70.9 Å². The molecule has 4 aromatic rings. The number of likely N-dealkylation sites (tertiary alicyclic amines) is 2. The zero-order valence-corrected chi connectivity index (χ0v) is 32.0. The number of rotatable bonds is 10. The molecule has 0 saturated carbocycles. The highest BCUT2D eigenvalue weighted by Crippen LogP contribution is 2.35. The number of nitrogens with zero attached hydrogens (tertiary/aromatic N) is 6. The van der Waals surface area contributed by atoms with Crippen LogP contribution in [0.3, 0.4) is 0 Å². The number of aryl methyl sites for hydroxylation is 1. The third-order valence-electron chi connectivity index (χ3n) is 11.1. The number of pyridine rings is 1. The summed E-state index contributed by atoms with van der Waals surface area (Å²) in [5, 5.41) is 22.1. The molecule has 7 rings (SSSR count). The summed E-state index contributed by atoms with van der Waals surface area (Å²) in [6, 6.07) is 13.9. The highest BCUT2D eigenvalue weighted by Gasteiger charge is 2.30. The molecule has 3 aliphatic rings. The number of hydrogen-bond acceptors (Lipinski definition) is 9. The lowest BCUT2D eigenvalue weighted by molar-refractivity contribution is -0.120. The van der Waals surface area contributed by atoms with Crippen LogP contribution in [0.25, 0.3) is 10.9 Å². The van der Waals surface area contributed by atoms with E-state index in [-0.39, 0.29) is 36.7 Å². The van der Waals surface area contributed by atoms with Crippen molar-refractivity contribution >= 4 is 46.0 Å². The van der Waals surface area contributed by atoms with E-state index in [9.17, 15) is 24.3 Å². The van der Waals surface area contributed by atoms with E-state index in [1.54, 1.807) is 44.2 Å². The average molecular weight is 751 g/mol. The molecule has 3 aliphatic heterocycles. The predicted molar refractivity (Wildman–Crippen MR) is 208 cm³/mol. The predicted octanol–water partition coefficient (Wildman–Crippen LogP) is 5.25. The van der Waals surface area contributed by atoms with Gasteiger partial charge in [-0.15, -0.1) is 0 Å². The second-order valence-corrected chi connectivity index (χ2v) is 15.5. The maximum atomic E-state index is 13.5. The molecule has 0 radical (unpaired) electrons. The molecule has 290 valence electrons. The van der Waals surface area contributed by atoms with Gasteiger partial charge in [0, 0.05) is 73.2 Å². The summed E-state index contributed by atoms with van der Waals surface area (Å²) in [6.07, 6.45) is 7.14. The van der Waals surface area contributed by atoms with E-state index in [1.165, 1.54) is 12.0 Å². The van der Waals surface area contributed by atoms with Crippen molar-refractivity contribution in [2.24, 2.45) is 5.92 Å². The number of urea groups is 1. The van der Waals surface area contributed by atoms with Gasteiger partial charge in [0.25, 0.3) is 11.8 Å². The minimum Gasteiger partial charge on any atom is -0.495 e. The fraction of sp³-hybridized carbons (Fsp3) is 0.463. The van der Waals surface area contributed by atoms with Gasteiger partial charge in [-0.3, -0.25) is 29.3 Å². The van der Waals surface area contributed by atoms with Crippen LogP contribution in [-0.2, 0) is 10.4 Å². The van der Waals surface area contributed by atoms with Crippen molar-refractivity contribution in [2.75, 3.05) is 56.6 Å². The fourth-order valence-electron chi connectivity index (χ4n) is 7.95. The lowest BCUT2D eigenvalue weighted by atomic mass is 9.92. The van der Waals surface area contributed by atoms with E-state index in [1.807, 2.05) is 40.9 Å². The maximum Gasteiger partial charge on any atom is 0.328 e. The molecule has 3 N–H and O–H groups in total. The molecule has 2 aromatic carbocycles. The van der Waals surface area contributed by atoms with Gasteiger partial charge in [-0.25, -0.2) is 9.78 Å². The normalized spacial score (nSPS) is 17.8. The minimum atomic E-state index is -1.20. The van der Waals surface area contributed by atoms with E-state index < -0.39 is 11.6 Å². The number of amides is 5. The molecule has 3 saturated heterocycles. The zero-order valence-electron chi connectivity index (χ0n) is 32.0. The first kappa shape index (κ1) is 38.0. The molecule has 0 spiro atoms. The first-order chi connectivity index (χ1) is 26.4. The van der Waals surface area contributed by atoms with E-state index in [0.717, 1.165) is 68.3 Å². The lowest BCUT2D eigenvalue weighted by Gasteiger charge is -2.35. The highest BCUT2D eigenvalue weighted by atomic mass is 16.5. The second-order valence-electron chi connectivity index (χ2n) is 15.5. The minimum absolute atomic E-state index is 0.0685. The standard InChI is InChI=1S/C41H50N8O6/c1-26-6-5-7-32(42-26)38(51)43-34-22-29-25-49(45-33(29)24-31(34)41(2,3)54)30-13-17-46(18-14-30)16-10-27-11-19-47(20-12-27)39(52)28-8-9-36(55-4)35(23-28)48-21-15-37(50)44-40(48)53/h5-9,22-25,27,30,54H,10-21H2,1-4H3,(H,43,51)(H,44,50,53). The first-order valence-corrected chi connectivity index (χ1v) is 19.2. The second kappa shape index (κ2) is 15.8. The Morgan fingerprint density at radius 1 is 1.00 bits per heavy atom. The largest absolute Gasteiger partial charge is 0.495 e. The number of imide groups is 1. The topological polar surface area (TPSA) is 162 Å². The Morgan fingerprint density at radius 2 is 1.76 bits per heavy atom. The van der Waals surface area contributed by atoms with Gasteiger partial charge in [-0.1, -0.05) is 6.07 Å². The first-order valence-electron chi connectivity index (χ1n) is 19.2. The molecule has 0 bridgehead atoms. The highest BCUT2D eigenvalue weighted by molar-refractivity contribution is 6.07. The molecule has 5 amide bonds. The number of carbonyl (C=O) groups is 4. The van der Waals surface area contributed by atoms with Crippen LogP contribution in [0.1, 0.15) is 90.5 Å². The molecule has 14 heteroatoms. The van der Waals surface area contributed by atoms with Crippen LogP contribution in [0.5, 0.6) is 5.75 Å². The number of benzene rings is 2. The Labute approximate surface area is 320 Å². The molecule has 0 aliphatic carbocycles. The summed E-state index contributed by atoms with van der Waals surface area (Å²) in [5.41, 5.74) is 2.74. The van der Waals surface area contributed by atoms with Crippen LogP contribution < -0.4 is 20.3 Å². The van der Waals surface area contributed by atoms with Gasteiger partial charge >= 0.3 is 6.03 Å². The average Bonchev–Trinajstić information content (AvgIpc) is 3.59. The molecule has 3 fully saturated rings. The molecule has 14 nitrogen and oxygen atoms in total. The van der Waals surface area contributed by atoms with Gasteiger partial charge < -0.3 is 25.0 Å². The van der Waals surface area contributed by atoms with Crippen LogP contribution in [0.2, 0.25) is 0 Å². The van der Waals surface area contributed by atoms with Crippen LogP contribution in [0, 0.1) is 12.8 Å². The molecule has 5 heterocycles. The molecule has 55 heavy (non-hydrogen) atoms. The smallest absolute Gasteiger partial charge is 0.328 e. The number of anilines is 2. The van der Waals surface area contributed by atoms with Gasteiger partial charge in [-0.05, 0) is 108 Å². The van der Waals surface area contributed by atoms with E-state index in [0.29, 0.717) is 53.0 Å².